The van der Waals surface area contributed by atoms with E-state index in [9.17, 15) is 5.11 Å². The number of pyridine rings is 1. The monoisotopic (exact) mass is 420 g/mol. The normalized spacial score (nSPS) is 20.6. The molecule has 1 atom stereocenters. The van der Waals surface area contributed by atoms with Crippen LogP contribution in [-0.4, -0.2) is 98.8 Å². The number of rotatable bonds is 8. The van der Waals surface area contributed by atoms with Crippen LogP contribution >= 0.6 is 0 Å². The summed E-state index contributed by atoms with van der Waals surface area (Å²) in [6, 6.07) is 4.02. The zero-order valence-electron chi connectivity index (χ0n) is 18.3. The van der Waals surface area contributed by atoms with Crippen LogP contribution < -0.4 is 15.5 Å². The molecular formula is C21H36N6O3. The molecule has 2 saturated heterocycles. The number of nitrogens with one attached hydrogen (secondary N) is 2. The molecule has 0 aliphatic carbocycles. The average molecular weight is 421 g/mol. The van der Waals surface area contributed by atoms with E-state index in [2.05, 4.69) is 31.5 Å². The van der Waals surface area contributed by atoms with Crippen molar-refractivity contribution >= 4 is 11.8 Å². The molecule has 0 saturated carbocycles. The summed E-state index contributed by atoms with van der Waals surface area (Å²) in [5, 5.41) is 17.4. The molecule has 2 aliphatic rings. The Hall–Kier alpha value is -1.94. The zero-order valence-corrected chi connectivity index (χ0v) is 18.3. The number of aliphatic imine (C=N–C) groups is 1. The molecule has 0 aromatic carbocycles. The van der Waals surface area contributed by atoms with E-state index in [-0.39, 0.29) is 0 Å². The Morgan fingerprint density at radius 3 is 2.57 bits per heavy atom. The van der Waals surface area contributed by atoms with Gasteiger partial charge < -0.3 is 30.1 Å². The van der Waals surface area contributed by atoms with Crippen LogP contribution in [0.5, 0.6) is 0 Å². The van der Waals surface area contributed by atoms with Gasteiger partial charge in [-0.05, 0) is 19.9 Å². The van der Waals surface area contributed by atoms with Gasteiger partial charge in [-0.1, -0.05) is 6.07 Å². The Morgan fingerprint density at radius 1 is 1.17 bits per heavy atom. The Bertz CT molecular complexity index is 672. The fourth-order valence-electron chi connectivity index (χ4n) is 3.69. The number of ether oxygens (including phenoxy) is 2. The van der Waals surface area contributed by atoms with E-state index in [4.69, 9.17) is 14.5 Å². The number of hydrogen-bond donors (Lipinski definition) is 3. The molecule has 3 N–H and O–H groups in total. The maximum atomic E-state index is 10.8. The summed E-state index contributed by atoms with van der Waals surface area (Å²) in [6.45, 7) is 12.5. The minimum absolute atomic E-state index is 0.416. The van der Waals surface area contributed by atoms with Gasteiger partial charge in [-0.15, -0.1) is 0 Å². The molecule has 0 spiro atoms. The predicted molar refractivity (Wildman–Crippen MR) is 118 cm³/mol. The second-order valence-corrected chi connectivity index (χ2v) is 8.02. The lowest BCUT2D eigenvalue weighted by Gasteiger charge is -2.34. The first-order chi connectivity index (χ1) is 14.6. The van der Waals surface area contributed by atoms with Crippen LogP contribution in [-0.2, 0) is 16.0 Å². The second kappa shape index (κ2) is 11.5. The van der Waals surface area contributed by atoms with Gasteiger partial charge >= 0.3 is 0 Å². The van der Waals surface area contributed by atoms with Gasteiger partial charge in [-0.3, -0.25) is 4.90 Å². The van der Waals surface area contributed by atoms with Gasteiger partial charge in [-0.25, -0.2) is 9.98 Å². The zero-order chi connectivity index (χ0) is 21.2. The first kappa shape index (κ1) is 22.7. The standard InChI is InChI=1S/C21H36N6O3/c1-3-22-20(25-16-21(2,28)17-26-7-11-29-12-8-26)24-15-18-5-4-6-23-19(18)27-9-13-30-14-10-27/h4-6,28H,3,7-17H2,1-2H3,(H2,22,24,25). The summed E-state index contributed by atoms with van der Waals surface area (Å²) in [5.41, 5.74) is 0.220. The average Bonchev–Trinajstić information content (AvgIpc) is 2.77. The van der Waals surface area contributed by atoms with Crippen LogP contribution in [0.4, 0.5) is 5.82 Å². The van der Waals surface area contributed by atoms with Gasteiger partial charge in [-0.2, -0.15) is 0 Å². The molecule has 30 heavy (non-hydrogen) atoms. The molecule has 0 radical (unpaired) electrons. The Morgan fingerprint density at radius 2 is 1.87 bits per heavy atom. The lowest BCUT2D eigenvalue weighted by molar-refractivity contribution is -0.0201. The van der Waals surface area contributed by atoms with Crippen molar-refractivity contribution < 1.29 is 14.6 Å². The first-order valence-electron chi connectivity index (χ1n) is 10.9. The third-order valence-electron chi connectivity index (χ3n) is 5.23. The van der Waals surface area contributed by atoms with Gasteiger partial charge in [0.25, 0.3) is 0 Å². The lowest BCUT2D eigenvalue weighted by atomic mass is 10.1. The van der Waals surface area contributed by atoms with E-state index in [0.717, 1.165) is 70.5 Å². The van der Waals surface area contributed by atoms with Crippen molar-refractivity contribution in [1.82, 2.24) is 20.5 Å². The van der Waals surface area contributed by atoms with Crippen molar-refractivity contribution in [3.05, 3.63) is 23.9 Å². The van der Waals surface area contributed by atoms with Crippen molar-refractivity contribution in [2.75, 3.05) is 77.1 Å². The molecule has 168 valence electrons. The largest absolute Gasteiger partial charge is 0.387 e. The number of anilines is 1. The lowest BCUT2D eigenvalue weighted by Crippen LogP contribution is -2.53. The van der Waals surface area contributed by atoms with E-state index >= 15 is 0 Å². The molecular weight excluding hydrogens is 384 g/mol. The number of aliphatic hydroxyl groups is 1. The summed E-state index contributed by atoms with van der Waals surface area (Å²) in [7, 11) is 0. The Labute approximate surface area is 179 Å². The summed E-state index contributed by atoms with van der Waals surface area (Å²) < 4.78 is 10.8. The van der Waals surface area contributed by atoms with Gasteiger partial charge in [0.05, 0.1) is 38.6 Å². The molecule has 3 heterocycles. The smallest absolute Gasteiger partial charge is 0.191 e. The van der Waals surface area contributed by atoms with Crippen molar-refractivity contribution in [2.24, 2.45) is 4.99 Å². The van der Waals surface area contributed by atoms with E-state index in [1.165, 1.54) is 0 Å². The van der Waals surface area contributed by atoms with Crippen LogP contribution in [0.1, 0.15) is 19.4 Å². The number of morpholine rings is 2. The number of nitrogens with zero attached hydrogens (tertiary/aromatic N) is 4. The third-order valence-corrected chi connectivity index (χ3v) is 5.23. The predicted octanol–water partition coefficient (Wildman–Crippen LogP) is 0.0565. The fourth-order valence-corrected chi connectivity index (χ4v) is 3.69. The summed E-state index contributed by atoms with van der Waals surface area (Å²) in [5.74, 6) is 1.66. The number of guanidine groups is 1. The van der Waals surface area contributed by atoms with Crippen LogP contribution in [0, 0.1) is 0 Å². The summed E-state index contributed by atoms with van der Waals surface area (Å²) in [6.07, 6.45) is 1.82. The Kier molecular flexibility index (Phi) is 8.68. The van der Waals surface area contributed by atoms with Crippen LogP contribution in [0.2, 0.25) is 0 Å². The SMILES string of the molecule is CCNC(=NCc1cccnc1N1CCOCC1)NCC(C)(O)CN1CCOCC1. The minimum atomic E-state index is -0.860. The minimum Gasteiger partial charge on any atom is -0.387 e. The van der Waals surface area contributed by atoms with E-state index in [1.54, 1.807) is 0 Å². The fraction of sp³-hybridized carbons (Fsp3) is 0.714. The molecule has 2 aliphatic heterocycles. The van der Waals surface area contributed by atoms with Crippen molar-refractivity contribution in [1.29, 1.82) is 0 Å². The van der Waals surface area contributed by atoms with Crippen molar-refractivity contribution in [3.8, 4) is 0 Å². The first-order valence-corrected chi connectivity index (χ1v) is 10.9. The van der Waals surface area contributed by atoms with Gasteiger partial charge in [0, 0.05) is 57.6 Å². The molecule has 1 unspecified atom stereocenters. The molecule has 2 fully saturated rings. The van der Waals surface area contributed by atoms with Crippen LogP contribution in [0.3, 0.4) is 0 Å². The maximum absolute atomic E-state index is 10.8. The number of hydrogen-bond acceptors (Lipinski definition) is 7. The van der Waals surface area contributed by atoms with Gasteiger partial charge in [0.2, 0.25) is 0 Å². The summed E-state index contributed by atoms with van der Waals surface area (Å²) in [4.78, 5) is 13.8. The number of aromatic nitrogens is 1. The molecule has 9 nitrogen and oxygen atoms in total. The highest BCUT2D eigenvalue weighted by atomic mass is 16.5. The Balaban J connectivity index is 1.59. The highest BCUT2D eigenvalue weighted by molar-refractivity contribution is 5.79. The van der Waals surface area contributed by atoms with Crippen molar-refractivity contribution in [2.45, 2.75) is 26.0 Å². The van der Waals surface area contributed by atoms with Crippen molar-refractivity contribution in [3.63, 3.8) is 0 Å². The van der Waals surface area contributed by atoms with E-state index in [1.807, 2.05) is 26.1 Å². The van der Waals surface area contributed by atoms with Gasteiger partial charge in [0.1, 0.15) is 5.82 Å². The highest BCUT2D eigenvalue weighted by Gasteiger charge is 2.25. The van der Waals surface area contributed by atoms with Crippen LogP contribution in [0.15, 0.2) is 23.3 Å². The molecule has 3 rings (SSSR count). The van der Waals surface area contributed by atoms with E-state index in [0.29, 0.717) is 25.6 Å². The van der Waals surface area contributed by atoms with E-state index < -0.39 is 5.60 Å². The topological polar surface area (TPSA) is 94.5 Å². The van der Waals surface area contributed by atoms with Gasteiger partial charge in [0.15, 0.2) is 5.96 Å². The molecule has 9 heteroatoms. The third kappa shape index (κ3) is 7.09. The second-order valence-electron chi connectivity index (χ2n) is 8.02. The quantitative estimate of drug-likeness (QED) is 0.401. The summed E-state index contributed by atoms with van der Waals surface area (Å²) >= 11 is 0. The molecule has 1 aromatic rings. The molecule has 1 aromatic heterocycles. The molecule has 0 bridgehead atoms. The highest BCUT2D eigenvalue weighted by Crippen LogP contribution is 2.19. The number of β-amino-alcohol motifs (C(OH)–C–C–N with tert-alkyl or cyclic N) is 1. The van der Waals surface area contributed by atoms with Crippen LogP contribution in [0.25, 0.3) is 0 Å². The maximum Gasteiger partial charge on any atom is 0.191 e. The molecule has 0 amide bonds.